The van der Waals surface area contributed by atoms with Crippen molar-refractivity contribution in [3.05, 3.63) is 36.2 Å². The van der Waals surface area contributed by atoms with E-state index >= 15 is 0 Å². The van der Waals surface area contributed by atoms with Crippen molar-refractivity contribution in [2.24, 2.45) is 11.7 Å². The normalized spacial score (nSPS) is 18.5. The fraction of sp³-hybridized carbons (Fsp3) is 0.368. The van der Waals surface area contributed by atoms with Crippen LogP contribution >= 0.6 is 0 Å². The molecule has 0 bridgehead atoms. The molecular weight excluding hydrogens is 360 g/mol. The number of anilines is 3. The predicted molar refractivity (Wildman–Crippen MR) is 104 cm³/mol. The number of primary amides is 1. The van der Waals surface area contributed by atoms with E-state index in [0.29, 0.717) is 22.8 Å². The third-order valence-corrected chi connectivity index (χ3v) is 4.71. The van der Waals surface area contributed by atoms with Gasteiger partial charge in [-0.1, -0.05) is 6.07 Å². The lowest BCUT2D eigenvalue weighted by atomic mass is 10.2. The first kappa shape index (κ1) is 18.2. The number of nitrogens with two attached hydrogens (primary N) is 1. The van der Waals surface area contributed by atoms with Crippen molar-refractivity contribution in [3.63, 3.8) is 0 Å². The van der Waals surface area contributed by atoms with Crippen molar-refractivity contribution in [1.29, 1.82) is 0 Å². The zero-order chi connectivity index (χ0) is 19.5. The summed E-state index contributed by atoms with van der Waals surface area (Å²) in [6, 6.07) is 7.38. The van der Waals surface area contributed by atoms with Crippen molar-refractivity contribution >= 4 is 28.9 Å². The molecule has 0 radical (unpaired) electrons. The summed E-state index contributed by atoms with van der Waals surface area (Å²) in [5.41, 5.74) is 6.78. The number of rotatable bonds is 7. The average Bonchev–Trinajstić information content (AvgIpc) is 3.41. The minimum Gasteiger partial charge on any atom is -0.489 e. The van der Waals surface area contributed by atoms with Gasteiger partial charge in [-0.05, 0) is 37.9 Å². The summed E-state index contributed by atoms with van der Waals surface area (Å²) >= 11 is 0. The van der Waals surface area contributed by atoms with Crippen molar-refractivity contribution in [1.82, 2.24) is 15.5 Å². The van der Waals surface area contributed by atoms with E-state index in [-0.39, 0.29) is 23.6 Å². The van der Waals surface area contributed by atoms with Crippen LogP contribution in [0.4, 0.5) is 17.1 Å². The molecule has 1 aromatic heterocycles. The lowest BCUT2D eigenvalue weighted by Gasteiger charge is -2.16. The fourth-order valence-electron chi connectivity index (χ4n) is 3.07. The Kier molecular flexibility index (Phi) is 5.07. The molecule has 1 aliphatic carbocycles. The van der Waals surface area contributed by atoms with E-state index in [1.165, 1.54) is 6.20 Å². The van der Waals surface area contributed by atoms with E-state index in [0.717, 1.165) is 32.4 Å². The van der Waals surface area contributed by atoms with E-state index in [9.17, 15) is 9.59 Å². The van der Waals surface area contributed by atoms with Crippen LogP contribution in [0.2, 0.25) is 0 Å². The Hall–Kier alpha value is -3.20. The molecule has 2 aromatic rings. The lowest BCUT2D eigenvalue weighted by molar-refractivity contribution is -0.117. The number of hydrogen-bond donors (Lipinski definition) is 4. The van der Waals surface area contributed by atoms with Crippen molar-refractivity contribution in [3.8, 4) is 5.75 Å². The Morgan fingerprint density at radius 1 is 1.25 bits per heavy atom. The van der Waals surface area contributed by atoms with Crippen molar-refractivity contribution in [2.45, 2.75) is 25.4 Å². The summed E-state index contributed by atoms with van der Waals surface area (Å²) in [5.74, 6) is -0.112. The van der Waals surface area contributed by atoms with E-state index in [2.05, 4.69) is 26.1 Å². The van der Waals surface area contributed by atoms with Gasteiger partial charge >= 0.3 is 0 Å². The van der Waals surface area contributed by atoms with Gasteiger partial charge in [-0.15, -0.1) is 5.10 Å². The molecule has 1 aromatic carbocycles. The topological polar surface area (TPSA) is 131 Å². The molecule has 2 amide bonds. The molecule has 1 unspecified atom stereocenters. The summed E-state index contributed by atoms with van der Waals surface area (Å²) in [6.07, 6.45) is 4.22. The van der Waals surface area contributed by atoms with E-state index in [1.807, 2.05) is 24.3 Å². The number of hydrogen-bond acceptors (Lipinski definition) is 7. The lowest BCUT2D eigenvalue weighted by Crippen LogP contribution is -2.20. The number of nitrogens with one attached hydrogen (secondary N) is 3. The summed E-state index contributed by atoms with van der Waals surface area (Å²) in [4.78, 5) is 24.0. The Morgan fingerprint density at radius 2 is 2.11 bits per heavy atom. The van der Waals surface area contributed by atoms with Crippen LogP contribution in [0.1, 0.15) is 29.8 Å². The highest BCUT2D eigenvalue weighted by atomic mass is 16.5. The highest BCUT2D eigenvalue weighted by Crippen LogP contribution is 2.33. The van der Waals surface area contributed by atoms with Crippen LogP contribution < -0.4 is 26.4 Å². The van der Waals surface area contributed by atoms with Gasteiger partial charge in [0.25, 0.3) is 5.91 Å². The number of carbonyl (C=O) groups excluding carboxylic acids is 2. The van der Waals surface area contributed by atoms with Crippen molar-refractivity contribution in [2.75, 3.05) is 23.7 Å². The molecule has 4 rings (SSSR count). The van der Waals surface area contributed by atoms with Crippen LogP contribution in [0.5, 0.6) is 5.75 Å². The van der Waals surface area contributed by atoms with Crippen LogP contribution in [0.15, 0.2) is 30.5 Å². The van der Waals surface area contributed by atoms with Gasteiger partial charge in [0.2, 0.25) is 5.91 Å². The van der Waals surface area contributed by atoms with Crippen molar-refractivity contribution < 1.29 is 14.3 Å². The molecule has 2 fully saturated rings. The second-order valence-corrected chi connectivity index (χ2v) is 7.00. The highest BCUT2D eigenvalue weighted by molar-refractivity contribution is 6.04. The molecule has 1 aliphatic heterocycles. The highest BCUT2D eigenvalue weighted by Gasteiger charge is 2.30. The van der Waals surface area contributed by atoms with Crippen LogP contribution in [-0.2, 0) is 4.79 Å². The molecule has 0 spiro atoms. The minimum atomic E-state index is -0.734. The van der Waals surface area contributed by atoms with E-state index in [4.69, 9.17) is 10.5 Å². The predicted octanol–water partition coefficient (Wildman–Crippen LogP) is 1.41. The summed E-state index contributed by atoms with van der Waals surface area (Å²) < 4.78 is 5.97. The van der Waals surface area contributed by atoms with Gasteiger partial charge in [0, 0.05) is 24.2 Å². The maximum Gasteiger partial charge on any atom is 0.271 e. The zero-order valence-corrected chi connectivity index (χ0v) is 15.3. The monoisotopic (exact) mass is 382 g/mol. The molecule has 146 valence electrons. The number of aromatic nitrogens is 2. The second kappa shape index (κ2) is 7.81. The third-order valence-electron chi connectivity index (χ3n) is 4.71. The molecular formula is C19H22N6O3. The van der Waals surface area contributed by atoms with Gasteiger partial charge in [-0.2, -0.15) is 5.10 Å². The molecule has 1 saturated heterocycles. The first-order chi connectivity index (χ1) is 13.6. The Balaban J connectivity index is 1.58. The van der Waals surface area contributed by atoms with Gasteiger partial charge in [-0.25, -0.2) is 0 Å². The number of benzene rings is 1. The van der Waals surface area contributed by atoms with E-state index < -0.39 is 5.91 Å². The number of ether oxygens (including phenoxy) is 1. The molecule has 9 nitrogen and oxygen atoms in total. The maximum atomic E-state index is 12.2. The minimum absolute atomic E-state index is 0.00907. The molecule has 1 saturated carbocycles. The molecule has 2 aliphatic rings. The van der Waals surface area contributed by atoms with Gasteiger partial charge in [-0.3, -0.25) is 9.59 Å². The van der Waals surface area contributed by atoms with Gasteiger partial charge < -0.3 is 26.4 Å². The summed E-state index contributed by atoms with van der Waals surface area (Å²) in [7, 11) is 0. The molecule has 28 heavy (non-hydrogen) atoms. The van der Waals surface area contributed by atoms with Crippen LogP contribution in [0.25, 0.3) is 0 Å². The van der Waals surface area contributed by atoms with Crippen LogP contribution in [0, 0.1) is 5.92 Å². The Morgan fingerprint density at radius 3 is 2.82 bits per heavy atom. The summed E-state index contributed by atoms with van der Waals surface area (Å²) in [6.45, 7) is 1.76. The summed E-state index contributed by atoms with van der Waals surface area (Å²) in [5, 5.41) is 16.8. The quantitative estimate of drug-likeness (QED) is 0.569. The second-order valence-electron chi connectivity index (χ2n) is 7.00. The number of carbonyl (C=O) groups is 2. The largest absolute Gasteiger partial charge is 0.489 e. The van der Waals surface area contributed by atoms with Crippen LogP contribution in [-0.4, -0.2) is 41.2 Å². The first-order valence-electron chi connectivity index (χ1n) is 9.31. The zero-order valence-electron chi connectivity index (χ0n) is 15.3. The number of nitrogens with zero attached hydrogens (tertiary/aromatic N) is 2. The average molecular weight is 382 g/mol. The first-order valence-corrected chi connectivity index (χ1v) is 9.31. The molecule has 2 heterocycles. The fourth-order valence-corrected chi connectivity index (χ4v) is 3.07. The molecule has 5 N–H and O–H groups in total. The molecule has 9 heteroatoms. The Labute approximate surface area is 162 Å². The Bertz CT molecular complexity index is 893. The third kappa shape index (κ3) is 4.20. The smallest absolute Gasteiger partial charge is 0.271 e. The van der Waals surface area contributed by atoms with Crippen LogP contribution in [0.3, 0.4) is 0 Å². The van der Waals surface area contributed by atoms with Gasteiger partial charge in [0.1, 0.15) is 11.9 Å². The van der Waals surface area contributed by atoms with Gasteiger partial charge in [0.05, 0.1) is 17.6 Å². The number of amides is 2. The molecule has 1 atom stereocenters. The maximum absolute atomic E-state index is 12.2. The van der Waals surface area contributed by atoms with E-state index in [1.54, 1.807) is 0 Å². The van der Waals surface area contributed by atoms with Gasteiger partial charge in [0.15, 0.2) is 5.69 Å². The standard InChI is InChI=1S/C19H22N6O3/c20-18(26)17-16(15(10-22-25-17)24-19(27)11-4-5-11)23-12-2-1-3-13(8-12)28-14-6-7-21-9-14/h1-3,8,10-11,14,21H,4-7,9H2,(H2,20,26)(H,22,23)(H,24,25,27). The SMILES string of the molecule is NC(=O)c1nncc(NC(=O)C2CC2)c1Nc1cccc(OC2CCNC2)c1.